The molecular formula is C33H49N5O4. The molecular weight excluding hydrogens is 530 g/mol. The number of hydrogen-bond donors (Lipinski definition) is 2. The number of carbonyl (C=O) groups is 1. The van der Waals surface area contributed by atoms with Gasteiger partial charge in [-0.3, -0.25) is 14.5 Å². The van der Waals surface area contributed by atoms with Crippen LogP contribution in [0.4, 0.5) is 0 Å². The Hall–Kier alpha value is -2.78. The van der Waals surface area contributed by atoms with Crippen LogP contribution in [0.25, 0.3) is 11.0 Å². The number of benzene rings is 1. The average molecular weight is 580 g/mol. The molecule has 2 aromatic rings. The van der Waals surface area contributed by atoms with Crippen molar-refractivity contribution in [1.82, 2.24) is 14.5 Å². The van der Waals surface area contributed by atoms with Crippen LogP contribution in [0.2, 0.25) is 0 Å². The fourth-order valence-corrected chi connectivity index (χ4v) is 8.02. The van der Waals surface area contributed by atoms with E-state index in [1.165, 1.54) is 51.4 Å². The van der Waals surface area contributed by atoms with Crippen molar-refractivity contribution in [2.75, 3.05) is 13.2 Å². The normalized spacial score (nSPS) is 27.0. The van der Waals surface area contributed by atoms with E-state index in [-0.39, 0.29) is 35.8 Å². The molecule has 0 radical (unpaired) electrons. The number of aromatic nitrogens is 2. The number of oxime groups is 1. The van der Waals surface area contributed by atoms with Crippen molar-refractivity contribution < 1.29 is 14.7 Å². The van der Waals surface area contributed by atoms with E-state index in [2.05, 4.69) is 23.9 Å². The number of nitrogens with zero attached hydrogens (tertiary/aromatic N) is 4. The quantitative estimate of drug-likeness (QED) is 0.194. The van der Waals surface area contributed by atoms with Gasteiger partial charge in [-0.1, -0.05) is 50.4 Å². The SMILES string of the molecule is CC(C)C[C@H]1CCC[C@H](N2[C@@H]3CCC[C@H]2CC(n2c(=O)c(/C(CCC(=O)O)=N/OCCCN)nc4ccccc42)C3)C1. The van der Waals surface area contributed by atoms with Crippen LogP contribution in [0.1, 0.15) is 109 Å². The molecule has 1 aromatic carbocycles. The van der Waals surface area contributed by atoms with Crippen molar-refractivity contribution in [3.8, 4) is 0 Å². The van der Waals surface area contributed by atoms with E-state index < -0.39 is 5.97 Å². The molecule has 1 unspecified atom stereocenters. The Morgan fingerprint density at radius 1 is 1.05 bits per heavy atom. The molecule has 3 aliphatic rings. The number of nitrogens with two attached hydrogens (primary N) is 1. The summed E-state index contributed by atoms with van der Waals surface area (Å²) in [5, 5.41) is 13.6. The molecule has 3 fully saturated rings. The number of aliphatic carboxylic acids is 1. The van der Waals surface area contributed by atoms with Crippen LogP contribution in [0, 0.1) is 11.8 Å². The van der Waals surface area contributed by atoms with Crippen molar-refractivity contribution in [3.05, 3.63) is 40.3 Å². The summed E-state index contributed by atoms with van der Waals surface area (Å²) in [7, 11) is 0. The minimum atomic E-state index is -0.954. The Bertz CT molecular complexity index is 1290. The maximum absolute atomic E-state index is 14.3. The van der Waals surface area contributed by atoms with E-state index in [1.807, 2.05) is 28.8 Å². The Morgan fingerprint density at radius 3 is 2.43 bits per heavy atom. The molecule has 1 saturated carbocycles. The van der Waals surface area contributed by atoms with Gasteiger partial charge >= 0.3 is 5.97 Å². The first kappa shape index (κ1) is 30.7. The van der Waals surface area contributed by atoms with Crippen molar-refractivity contribution in [1.29, 1.82) is 0 Å². The molecule has 2 saturated heterocycles. The van der Waals surface area contributed by atoms with E-state index >= 15 is 0 Å². The second kappa shape index (κ2) is 14.1. The van der Waals surface area contributed by atoms with Gasteiger partial charge in [0.2, 0.25) is 0 Å². The van der Waals surface area contributed by atoms with E-state index in [0.29, 0.717) is 43.2 Å². The molecule has 3 N–H and O–H groups in total. The zero-order chi connectivity index (χ0) is 29.6. The second-order valence-electron chi connectivity index (χ2n) is 13.2. The maximum Gasteiger partial charge on any atom is 0.303 e. The van der Waals surface area contributed by atoms with E-state index in [1.54, 1.807) is 0 Å². The predicted octanol–water partition coefficient (Wildman–Crippen LogP) is 5.49. The molecule has 9 nitrogen and oxygen atoms in total. The third-order valence-electron chi connectivity index (χ3n) is 9.61. The first-order chi connectivity index (χ1) is 20.4. The summed E-state index contributed by atoms with van der Waals surface area (Å²) in [5.74, 6) is 0.617. The Labute approximate surface area is 249 Å². The molecule has 2 bridgehead atoms. The molecule has 0 amide bonds. The molecule has 42 heavy (non-hydrogen) atoms. The zero-order valence-corrected chi connectivity index (χ0v) is 25.4. The molecule has 0 spiro atoms. The summed E-state index contributed by atoms with van der Waals surface area (Å²) < 4.78 is 1.96. The molecule has 5 rings (SSSR count). The monoisotopic (exact) mass is 579 g/mol. The van der Waals surface area contributed by atoms with Gasteiger partial charge in [0.1, 0.15) is 12.3 Å². The van der Waals surface area contributed by atoms with Crippen molar-refractivity contribution >= 4 is 22.7 Å². The Balaban J connectivity index is 1.47. The summed E-state index contributed by atoms with van der Waals surface area (Å²) in [6.07, 6.45) is 12.7. The highest BCUT2D eigenvalue weighted by Crippen LogP contribution is 2.44. The number of carboxylic acid groups (broad SMARTS) is 1. The Kier molecular flexibility index (Phi) is 10.3. The number of rotatable bonds is 12. The van der Waals surface area contributed by atoms with Gasteiger partial charge in [0.15, 0.2) is 5.69 Å². The number of fused-ring (bicyclic) bond motifs is 3. The van der Waals surface area contributed by atoms with Gasteiger partial charge in [-0.2, -0.15) is 0 Å². The largest absolute Gasteiger partial charge is 0.481 e. The van der Waals surface area contributed by atoms with E-state index in [0.717, 1.165) is 30.2 Å². The summed E-state index contributed by atoms with van der Waals surface area (Å²) in [4.78, 5) is 38.8. The van der Waals surface area contributed by atoms with Crippen molar-refractivity contribution in [3.63, 3.8) is 0 Å². The van der Waals surface area contributed by atoms with Crippen LogP contribution >= 0.6 is 0 Å². The summed E-state index contributed by atoms with van der Waals surface area (Å²) >= 11 is 0. The van der Waals surface area contributed by atoms with Crippen LogP contribution in [-0.2, 0) is 9.63 Å². The molecule has 2 aliphatic heterocycles. The molecule has 230 valence electrons. The van der Waals surface area contributed by atoms with Gasteiger partial charge in [0.05, 0.1) is 17.5 Å². The van der Waals surface area contributed by atoms with Gasteiger partial charge < -0.3 is 20.2 Å². The number of piperidine rings is 2. The first-order valence-corrected chi connectivity index (χ1v) is 16.3. The second-order valence-corrected chi connectivity index (χ2v) is 13.2. The standard InChI is InChI=1S/C33H49N5O4/c1-22(2)18-23-8-5-9-24(19-23)37-25-10-6-11-26(37)21-27(20-25)38-30-13-4-3-12-28(30)35-32(33(38)41)29(14-15-31(39)40)36-42-17-7-16-34/h3-4,12-13,22-27H,5-11,14-21,34H2,1-2H3,(H,39,40)/b36-29+/t23-,24+,25-,26+,27?/m1/s1. The van der Waals surface area contributed by atoms with Crippen LogP contribution in [0.15, 0.2) is 34.2 Å². The smallest absolute Gasteiger partial charge is 0.303 e. The molecule has 5 atom stereocenters. The fourth-order valence-electron chi connectivity index (χ4n) is 8.02. The third kappa shape index (κ3) is 7.05. The third-order valence-corrected chi connectivity index (χ3v) is 9.61. The van der Waals surface area contributed by atoms with Gasteiger partial charge in [-0.25, -0.2) is 4.98 Å². The maximum atomic E-state index is 14.3. The van der Waals surface area contributed by atoms with Crippen LogP contribution < -0.4 is 11.3 Å². The minimum absolute atomic E-state index is 0.0598. The predicted molar refractivity (Wildman–Crippen MR) is 166 cm³/mol. The molecule has 3 heterocycles. The van der Waals surface area contributed by atoms with Crippen molar-refractivity contribution in [2.45, 2.75) is 121 Å². The highest BCUT2D eigenvalue weighted by molar-refractivity contribution is 6.00. The lowest BCUT2D eigenvalue weighted by Gasteiger charge is -2.54. The molecule has 1 aliphatic carbocycles. The lowest BCUT2D eigenvalue weighted by atomic mass is 9.75. The lowest BCUT2D eigenvalue weighted by molar-refractivity contribution is -0.136. The van der Waals surface area contributed by atoms with Gasteiger partial charge in [-0.05, 0) is 81.9 Å². The topological polar surface area (TPSA) is 123 Å². The highest BCUT2D eigenvalue weighted by atomic mass is 16.6. The van der Waals surface area contributed by atoms with Crippen molar-refractivity contribution in [2.24, 2.45) is 22.7 Å². The summed E-state index contributed by atoms with van der Waals surface area (Å²) in [5.41, 5.74) is 7.42. The first-order valence-electron chi connectivity index (χ1n) is 16.3. The molecule has 1 aromatic heterocycles. The highest BCUT2D eigenvalue weighted by Gasteiger charge is 2.43. The molecule has 9 heteroatoms. The summed E-state index contributed by atoms with van der Waals surface area (Å²) in [6, 6.07) is 9.46. The number of para-hydroxylation sites is 2. The van der Waals surface area contributed by atoms with Crippen LogP contribution in [0.3, 0.4) is 0 Å². The zero-order valence-electron chi connectivity index (χ0n) is 25.4. The van der Waals surface area contributed by atoms with Gasteiger partial charge in [0, 0.05) is 30.6 Å². The Morgan fingerprint density at radius 2 is 1.74 bits per heavy atom. The van der Waals surface area contributed by atoms with E-state index in [9.17, 15) is 14.7 Å². The van der Waals surface area contributed by atoms with Gasteiger partial charge in [-0.15, -0.1) is 0 Å². The van der Waals surface area contributed by atoms with Crippen LogP contribution in [0.5, 0.6) is 0 Å². The average Bonchev–Trinajstić information content (AvgIpc) is 2.96. The summed E-state index contributed by atoms with van der Waals surface area (Å²) in [6.45, 7) is 5.45. The fraction of sp³-hybridized carbons (Fsp3) is 0.697. The number of carboxylic acids is 1. The van der Waals surface area contributed by atoms with Gasteiger partial charge in [0.25, 0.3) is 5.56 Å². The van der Waals surface area contributed by atoms with Crippen LogP contribution in [-0.4, -0.2) is 62.5 Å². The lowest BCUT2D eigenvalue weighted by Crippen LogP contribution is -2.58. The number of hydrogen-bond acceptors (Lipinski definition) is 7. The van der Waals surface area contributed by atoms with E-state index in [4.69, 9.17) is 15.6 Å². The minimum Gasteiger partial charge on any atom is -0.481 e.